The molecule has 0 bridgehead atoms. The van der Waals surface area contributed by atoms with Crippen molar-refractivity contribution >= 4 is 28.9 Å². The summed E-state index contributed by atoms with van der Waals surface area (Å²) in [5.41, 5.74) is 1.12. The molecule has 21 heavy (non-hydrogen) atoms. The van der Waals surface area contributed by atoms with Gasteiger partial charge in [-0.15, -0.1) is 0 Å². The van der Waals surface area contributed by atoms with Gasteiger partial charge in [0.05, 0.1) is 11.8 Å². The number of para-hydroxylation sites is 1. The molecule has 1 N–H and O–H groups in total. The van der Waals surface area contributed by atoms with Crippen molar-refractivity contribution in [2.75, 3.05) is 0 Å². The molecule has 0 aliphatic carbocycles. The van der Waals surface area contributed by atoms with E-state index < -0.39 is 4.92 Å². The normalized spacial score (nSPS) is 11.2. The van der Waals surface area contributed by atoms with Crippen molar-refractivity contribution in [3.63, 3.8) is 0 Å². The van der Waals surface area contributed by atoms with E-state index in [-0.39, 0.29) is 11.6 Å². The van der Waals surface area contributed by atoms with Crippen molar-refractivity contribution in [2.45, 2.75) is 0 Å². The fourth-order valence-corrected chi connectivity index (χ4v) is 1.94. The van der Waals surface area contributed by atoms with Crippen molar-refractivity contribution < 1.29 is 14.4 Å². The van der Waals surface area contributed by atoms with E-state index in [4.69, 9.17) is 4.42 Å². The standard InChI is InChI=1S/C15H10N2O4/c18-13-3-1-2-10-4-5-11(16-15(10)13)6-7-12-8-9-14(21-12)17(19)20/h1-9,18H/b7-6+. The van der Waals surface area contributed by atoms with Crippen molar-refractivity contribution in [3.05, 3.63) is 64.0 Å². The maximum absolute atomic E-state index is 10.5. The van der Waals surface area contributed by atoms with E-state index in [2.05, 4.69) is 4.98 Å². The van der Waals surface area contributed by atoms with Gasteiger partial charge in [-0.3, -0.25) is 10.1 Å². The molecule has 0 saturated heterocycles. The van der Waals surface area contributed by atoms with Gasteiger partial charge < -0.3 is 9.52 Å². The minimum Gasteiger partial charge on any atom is -0.506 e. The molecule has 0 saturated carbocycles. The van der Waals surface area contributed by atoms with Crippen molar-refractivity contribution in [2.24, 2.45) is 0 Å². The first kappa shape index (κ1) is 12.9. The van der Waals surface area contributed by atoms with Crippen LogP contribution in [-0.2, 0) is 0 Å². The molecule has 0 spiro atoms. The van der Waals surface area contributed by atoms with Gasteiger partial charge in [0.15, 0.2) is 0 Å². The van der Waals surface area contributed by atoms with Crippen LogP contribution >= 0.6 is 0 Å². The fourth-order valence-electron chi connectivity index (χ4n) is 1.94. The topological polar surface area (TPSA) is 89.4 Å². The summed E-state index contributed by atoms with van der Waals surface area (Å²) in [5, 5.41) is 21.1. The zero-order chi connectivity index (χ0) is 14.8. The van der Waals surface area contributed by atoms with Crippen molar-refractivity contribution in [1.82, 2.24) is 4.98 Å². The predicted molar refractivity (Wildman–Crippen MR) is 77.7 cm³/mol. The molecule has 0 radical (unpaired) electrons. The monoisotopic (exact) mass is 282 g/mol. The van der Waals surface area contributed by atoms with Crippen molar-refractivity contribution in [3.8, 4) is 5.75 Å². The van der Waals surface area contributed by atoms with Crippen LogP contribution in [0.15, 0.2) is 46.9 Å². The average molecular weight is 282 g/mol. The van der Waals surface area contributed by atoms with Crippen LogP contribution < -0.4 is 0 Å². The lowest BCUT2D eigenvalue weighted by Crippen LogP contribution is -1.83. The number of rotatable bonds is 3. The van der Waals surface area contributed by atoms with Crippen LogP contribution in [0.1, 0.15) is 11.5 Å². The van der Waals surface area contributed by atoms with Crippen LogP contribution in [0.4, 0.5) is 5.88 Å². The number of fused-ring (bicyclic) bond motifs is 1. The average Bonchev–Trinajstić information content (AvgIpc) is 2.95. The van der Waals surface area contributed by atoms with Gasteiger partial charge in [0.25, 0.3) is 0 Å². The molecule has 0 aliphatic heterocycles. The summed E-state index contributed by atoms with van der Waals surface area (Å²) in [6.07, 6.45) is 3.25. The highest BCUT2D eigenvalue weighted by Gasteiger charge is 2.09. The number of nitro groups is 1. The van der Waals surface area contributed by atoms with Gasteiger partial charge in [-0.1, -0.05) is 18.2 Å². The molecular weight excluding hydrogens is 272 g/mol. The number of pyridine rings is 1. The number of phenolic OH excluding ortho intramolecular Hbond substituents is 1. The molecule has 3 rings (SSSR count). The Balaban J connectivity index is 1.91. The van der Waals surface area contributed by atoms with Gasteiger partial charge in [0, 0.05) is 5.39 Å². The number of aromatic hydroxyl groups is 1. The number of furan rings is 1. The molecule has 3 aromatic rings. The first-order chi connectivity index (χ1) is 10.1. The number of phenols is 1. The van der Waals surface area contributed by atoms with E-state index in [1.54, 1.807) is 30.4 Å². The fraction of sp³-hybridized carbons (Fsp3) is 0. The largest absolute Gasteiger partial charge is 0.506 e. The van der Waals surface area contributed by atoms with Crippen LogP contribution in [0.25, 0.3) is 23.1 Å². The lowest BCUT2D eigenvalue weighted by molar-refractivity contribution is -0.402. The minimum absolute atomic E-state index is 0.108. The van der Waals surface area contributed by atoms with Gasteiger partial charge in [0.1, 0.15) is 21.9 Å². The minimum atomic E-state index is -0.594. The van der Waals surface area contributed by atoms with E-state index in [0.29, 0.717) is 17.0 Å². The molecular formula is C15H10N2O4. The summed E-state index contributed by atoms with van der Waals surface area (Å²) in [5.74, 6) is 0.163. The second-order valence-corrected chi connectivity index (χ2v) is 4.35. The second-order valence-electron chi connectivity index (χ2n) is 4.35. The molecule has 0 aliphatic rings. The third-order valence-electron chi connectivity index (χ3n) is 2.93. The zero-order valence-corrected chi connectivity index (χ0v) is 10.8. The Bertz CT molecular complexity index is 852. The van der Waals surface area contributed by atoms with Gasteiger partial charge >= 0.3 is 5.88 Å². The van der Waals surface area contributed by atoms with E-state index in [0.717, 1.165) is 5.39 Å². The molecule has 1 aromatic carbocycles. The van der Waals surface area contributed by atoms with Crippen molar-refractivity contribution in [1.29, 1.82) is 0 Å². The van der Waals surface area contributed by atoms with E-state index in [9.17, 15) is 15.2 Å². The predicted octanol–water partition coefficient (Wildman–Crippen LogP) is 3.61. The SMILES string of the molecule is O=[N+]([O-])c1ccc(/C=C/c2ccc3cccc(O)c3n2)o1. The van der Waals surface area contributed by atoms with Crippen LogP contribution in [-0.4, -0.2) is 15.0 Å². The maximum atomic E-state index is 10.5. The Morgan fingerprint density at radius 1 is 1.14 bits per heavy atom. The number of aromatic nitrogens is 1. The van der Waals surface area contributed by atoms with E-state index in [1.807, 2.05) is 12.1 Å². The Hall–Kier alpha value is -3.15. The molecule has 2 heterocycles. The number of hydrogen-bond acceptors (Lipinski definition) is 5. The first-order valence-electron chi connectivity index (χ1n) is 6.14. The van der Waals surface area contributed by atoms with Crippen LogP contribution in [0, 0.1) is 10.1 Å². The molecule has 2 aromatic heterocycles. The molecule has 0 amide bonds. The molecule has 0 atom stereocenters. The van der Waals surface area contributed by atoms with Gasteiger partial charge in [0.2, 0.25) is 0 Å². The Labute approximate surface area is 119 Å². The zero-order valence-electron chi connectivity index (χ0n) is 10.8. The van der Waals surface area contributed by atoms with Crippen LogP contribution in [0.3, 0.4) is 0 Å². The van der Waals surface area contributed by atoms with E-state index in [1.165, 1.54) is 12.1 Å². The second kappa shape index (κ2) is 5.09. The van der Waals surface area contributed by atoms with Gasteiger partial charge in [-0.25, -0.2) is 4.98 Å². The summed E-state index contributed by atoms with van der Waals surface area (Å²) in [4.78, 5) is 14.2. The molecule has 0 fully saturated rings. The van der Waals surface area contributed by atoms with Crippen LogP contribution in [0.2, 0.25) is 0 Å². The Morgan fingerprint density at radius 2 is 2.00 bits per heavy atom. The van der Waals surface area contributed by atoms with Gasteiger partial charge in [-0.2, -0.15) is 0 Å². The lowest BCUT2D eigenvalue weighted by atomic mass is 10.2. The maximum Gasteiger partial charge on any atom is 0.433 e. The summed E-state index contributed by atoms with van der Waals surface area (Å²) >= 11 is 0. The molecule has 6 nitrogen and oxygen atoms in total. The summed E-state index contributed by atoms with van der Waals surface area (Å²) in [7, 11) is 0. The summed E-state index contributed by atoms with van der Waals surface area (Å²) < 4.78 is 5.01. The lowest BCUT2D eigenvalue weighted by Gasteiger charge is -2.00. The van der Waals surface area contributed by atoms with Gasteiger partial charge in [-0.05, 0) is 30.4 Å². The number of hydrogen-bond donors (Lipinski definition) is 1. The third kappa shape index (κ3) is 2.59. The Morgan fingerprint density at radius 3 is 2.76 bits per heavy atom. The highest BCUT2D eigenvalue weighted by Crippen LogP contribution is 2.23. The molecule has 104 valence electrons. The highest BCUT2D eigenvalue weighted by atomic mass is 16.6. The quantitative estimate of drug-likeness (QED) is 0.585. The highest BCUT2D eigenvalue weighted by molar-refractivity contribution is 5.85. The van der Waals surface area contributed by atoms with Crippen LogP contribution in [0.5, 0.6) is 5.75 Å². The molecule has 6 heteroatoms. The summed E-state index contributed by atoms with van der Waals surface area (Å²) in [6.45, 7) is 0. The third-order valence-corrected chi connectivity index (χ3v) is 2.93. The first-order valence-corrected chi connectivity index (χ1v) is 6.14. The number of nitrogens with zero attached hydrogens (tertiary/aromatic N) is 2. The summed E-state index contributed by atoms with van der Waals surface area (Å²) in [6, 6.07) is 11.6. The smallest absolute Gasteiger partial charge is 0.433 e. The van der Waals surface area contributed by atoms with E-state index >= 15 is 0 Å². The Kier molecular flexibility index (Phi) is 3.12. The molecule has 0 unspecified atom stereocenters. The number of benzene rings is 1.